The highest BCUT2D eigenvalue weighted by Gasteiger charge is 2.30. The van der Waals surface area contributed by atoms with Gasteiger partial charge in [-0.25, -0.2) is 19.4 Å². The van der Waals surface area contributed by atoms with Gasteiger partial charge in [0.25, 0.3) is 0 Å². The van der Waals surface area contributed by atoms with E-state index in [1.807, 2.05) is 0 Å². The van der Waals surface area contributed by atoms with Crippen molar-refractivity contribution in [3.8, 4) is 0 Å². The number of nitrogens with one attached hydrogen (secondary N) is 2. The first-order valence-corrected chi connectivity index (χ1v) is 6.93. The van der Waals surface area contributed by atoms with Gasteiger partial charge in [-0.2, -0.15) is 0 Å². The van der Waals surface area contributed by atoms with E-state index < -0.39 is 24.0 Å². The highest BCUT2D eigenvalue weighted by atomic mass is 16.5. The van der Waals surface area contributed by atoms with Crippen LogP contribution < -0.4 is 10.6 Å². The largest absolute Gasteiger partial charge is 0.463 e. The molecule has 1 aliphatic rings. The first-order chi connectivity index (χ1) is 11.0. The zero-order valence-corrected chi connectivity index (χ0v) is 12.7. The molecular formula is C14H16N4O5. The van der Waals surface area contributed by atoms with Gasteiger partial charge in [-0.1, -0.05) is 0 Å². The first kappa shape index (κ1) is 16.4. The maximum Gasteiger partial charge on any atom is 0.358 e. The minimum absolute atomic E-state index is 0.0269. The molecule has 0 saturated carbocycles. The van der Waals surface area contributed by atoms with Gasteiger partial charge in [0.2, 0.25) is 0 Å². The third-order valence-electron chi connectivity index (χ3n) is 2.99. The predicted octanol–water partition coefficient (Wildman–Crippen LogP) is 0.152. The standard InChI is InChI=1S/C14H16N4O5/c1-3-22-13(20)11-8(2)17-14(21)18-10(11)7-23-12(19)9-6-15-4-5-16-9/h4-6,8H,3,7H2,1-2H3,(H2,17,18,21)/t8-/m1/s1. The molecule has 0 aliphatic carbocycles. The maximum atomic E-state index is 12.0. The molecule has 1 aromatic rings. The zero-order valence-electron chi connectivity index (χ0n) is 12.7. The second-order valence-corrected chi connectivity index (χ2v) is 4.60. The van der Waals surface area contributed by atoms with Crippen LogP contribution in [-0.2, 0) is 14.3 Å². The molecule has 9 heteroatoms. The van der Waals surface area contributed by atoms with Gasteiger partial charge in [-0.05, 0) is 13.8 Å². The Labute approximate surface area is 132 Å². The van der Waals surface area contributed by atoms with E-state index >= 15 is 0 Å². The van der Waals surface area contributed by atoms with Crippen molar-refractivity contribution in [2.75, 3.05) is 13.2 Å². The van der Waals surface area contributed by atoms with Gasteiger partial charge in [0, 0.05) is 12.4 Å². The SMILES string of the molecule is CCOC(=O)C1=C(COC(=O)c2cnccn2)NC(=O)N[C@@H]1C. The normalized spacial score (nSPS) is 17.1. The fraction of sp³-hybridized carbons (Fsp3) is 0.357. The second kappa shape index (κ2) is 7.34. The Bertz CT molecular complexity index is 644. The lowest BCUT2D eigenvalue weighted by atomic mass is 10.0. The fourth-order valence-electron chi connectivity index (χ4n) is 2.01. The number of amides is 2. The van der Waals surface area contributed by atoms with Crippen LogP contribution in [0.15, 0.2) is 29.9 Å². The monoisotopic (exact) mass is 320 g/mol. The van der Waals surface area contributed by atoms with Crippen LogP contribution in [0.25, 0.3) is 0 Å². The van der Waals surface area contributed by atoms with Gasteiger partial charge < -0.3 is 20.1 Å². The number of rotatable bonds is 5. The predicted molar refractivity (Wildman–Crippen MR) is 77.1 cm³/mol. The van der Waals surface area contributed by atoms with Gasteiger partial charge in [-0.15, -0.1) is 0 Å². The van der Waals surface area contributed by atoms with Gasteiger partial charge in [0.1, 0.15) is 6.61 Å². The van der Waals surface area contributed by atoms with Crippen LogP contribution in [0.5, 0.6) is 0 Å². The summed E-state index contributed by atoms with van der Waals surface area (Å²) in [6.45, 7) is 3.21. The van der Waals surface area contributed by atoms with Crippen molar-refractivity contribution in [3.05, 3.63) is 35.6 Å². The van der Waals surface area contributed by atoms with E-state index in [0.717, 1.165) is 0 Å². The van der Waals surface area contributed by atoms with Gasteiger partial charge >= 0.3 is 18.0 Å². The molecule has 2 N–H and O–H groups in total. The van der Waals surface area contributed by atoms with Crippen molar-refractivity contribution in [2.24, 2.45) is 0 Å². The van der Waals surface area contributed by atoms with E-state index in [1.54, 1.807) is 13.8 Å². The smallest absolute Gasteiger partial charge is 0.358 e. The molecular weight excluding hydrogens is 304 g/mol. The molecule has 1 aromatic heterocycles. The van der Waals surface area contributed by atoms with Crippen LogP contribution >= 0.6 is 0 Å². The quantitative estimate of drug-likeness (QED) is 0.741. The van der Waals surface area contributed by atoms with Crippen LogP contribution in [0.3, 0.4) is 0 Å². The molecule has 23 heavy (non-hydrogen) atoms. The molecule has 0 unspecified atom stereocenters. The molecule has 122 valence electrons. The molecule has 0 spiro atoms. The van der Waals surface area contributed by atoms with Crippen molar-refractivity contribution in [3.63, 3.8) is 0 Å². The van der Waals surface area contributed by atoms with E-state index in [0.29, 0.717) is 0 Å². The average Bonchev–Trinajstić information content (AvgIpc) is 2.53. The van der Waals surface area contributed by atoms with E-state index in [-0.39, 0.29) is 30.2 Å². The van der Waals surface area contributed by atoms with Crippen molar-refractivity contribution in [1.29, 1.82) is 0 Å². The van der Waals surface area contributed by atoms with Crippen molar-refractivity contribution >= 4 is 18.0 Å². The highest BCUT2D eigenvalue weighted by molar-refractivity contribution is 5.95. The second-order valence-electron chi connectivity index (χ2n) is 4.60. The minimum atomic E-state index is -0.714. The summed E-state index contributed by atoms with van der Waals surface area (Å²) in [4.78, 5) is 43.0. The lowest BCUT2D eigenvalue weighted by Crippen LogP contribution is -2.50. The topological polar surface area (TPSA) is 120 Å². The Morgan fingerprint density at radius 3 is 2.70 bits per heavy atom. The fourth-order valence-corrected chi connectivity index (χ4v) is 2.01. The van der Waals surface area contributed by atoms with Crippen molar-refractivity contribution in [2.45, 2.75) is 19.9 Å². The van der Waals surface area contributed by atoms with Crippen LogP contribution in [-0.4, -0.2) is 47.2 Å². The Hall–Kier alpha value is -2.97. The van der Waals surface area contributed by atoms with E-state index in [1.165, 1.54) is 18.6 Å². The molecule has 1 atom stereocenters. The van der Waals surface area contributed by atoms with Crippen molar-refractivity contribution < 1.29 is 23.9 Å². The average molecular weight is 320 g/mol. The Kier molecular flexibility index (Phi) is 5.23. The van der Waals surface area contributed by atoms with Gasteiger partial charge in [0.15, 0.2) is 5.69 Å². The van der Waals surface area contributed by atoms with E-state index in [2.05, 4.69) is 20.6 Å². The molecule has 0 saturated heterocycles. The summed E-state index contributed by atoms with van der Waals surface area (Å²) < 4.78 is 10.0. The van der Waals surface area contributed by atoms with Gasteiger partial charge in [0.05, 0.1) is 30.1 Å². The van der Waals surface area contributed by atoms with Crippen LogP contribution in [0.1, 0.15) is 24.3 Å². The molecule has 0 radical (unpaired) electrons. The number of carbonyl (C=O) groups is 3. The number of esters is 2. The molecule has 2 amide bonds. The van der Waals surface area contributed by atoms with E-state index in [9.17, 15) is 14.4 Å². The summed E-state index contributed by atoms with van der Waals surface area (Å²) >= 11 is 0. The van der Waals surface area contributed by atoms with Crippen LogP contribution in [0, 0.1) is 0 Å². The number of carbonyl (C=O) groups excluding carboxylic acids is 3. The third-order valence-corrected chi connectivity index (χ3v) is 2.99. The van der Waals surface area contributed by atoms with E-state index in [4.69, 9.17) is 9.47 Å². The number of urea groups is 1. The highest BCUT2D eigenvalue weighted by Crippen LogP contribution is 2.15. The lowest BCUT2D eigenvalue weighted by Gasteiger charge is -2.26. The Morgan fingerprint density at radius 1 is 1.26 bits per heavy atom. The Morgan fingerprint density at radius 2 is 2.04 bits per heavy atom. The summed E-state index contributed by atoms with van der Waals surface area (Å²) in [5.74, 6) is -1.30. The van der Waals surface area contributed by atoms with Crippen LogP contribution in [0.2, 0.25) is 0 Å². The maximum absolute atomic E-state index is 12.0. The molecule has 0 bridgehead atoms. The summed E-state index contributed by atoms with van der Waals surface area (Å²) in [6, 6.07) is -1.05. The molecule has 0 fully saturated rings. The summed E-state index contributed by atoms with van der Waals surface area (Å²) in [5.41, 5.74) is 0.412. The molecule has 2 rings (SSSR count). The number of nitrogens with zero attached hydrogens (tertiary/aromatic N) is 2. The number of hydrogen-bond donors (Lipinski definition) is 2. The molecule has 2 heterocycles. The van der Waals surface area contributed by atoms with Crippen molar-refractivity contribution in [1.82, 2.24) is 20.6 Å². The summed E-state index contributed by atoms with van der Waals surface area (Å²) in [7, 11) is 0. The van der Waals surface area contributed by atoms with Crippen LogP contribution in [0.4, 0.5) is 4.79 Å². The molecule has 0 aromatic carbocycles. The zero-order chi connectivity index (χ0) is 16.8. The molecule has 9 nitrogen and oxygen atoms in total. The number of hydrogen-bond acceptors (Lipinski definition) is 7. The molecule has 1 aliphatic heterocycles. The summed E-state index contributed by atoms with van der Waals surface area (Å²) in [6.07, 6.45) is 4.04. The Balaban J connectivity index is 2.15. The lowest BCUT2D eigenvalue weighted by molar-refractivity contribution is -0.139. The number of aromatic nitrogens is 2. The first-order valence-electron chi connectivity index (χ1n) is 6.93. The third kappa shape index (κ3) is 4.02. The number of ether oxygens (including phenoxy) is 2. The minimum Gasteiger partial charge on any atom is -0.463 e. The summed E-state index contributed by atoms with van der Waals surface area (Å²) in [5, 5.41) is 5.00. The van der Waals surface area contributed by atoms with Gasteiger partial charge in [-0.3, -0.25) is 4.98 Å².